The predicted molar refractivity (Wildman–Crippen MR) is 118 cm³/mol. The Kier molecular flexibility index (Phi) is 5.92. The molecule has 0 saturated heterocycles. The van der Waals surface area contributed by atoms with Gasteiger partial charge >= 0.3 is 0 Å². The summed E-state index contributed by atoms with van der Waals surface area (Å²) in [4.78, 5) is 26.3. The van der Waals surface area contributed by atoms with Crippen LogP contribution in [0.1, 0.15) is 44.2 Å². The van der Waals surface area contributed by atoms with E-state index in [1.54, 1.807) is 7.05 Å². The number of furan rings is 1. The van der Waals surface area contributed by atoms with Crippen LogP contribution in [0, 0.1) is 0 Å². The van der Waals surface area contributed by atoms with Crippen LogP contribution in [0.3, 0.4) is 0 Å². The largest absolute Gasteiger partial charge is 0.439 e. The average molecular weight is 479 g/mol. The highest BCUT2D eigenvalue weighted by Gasteiger charge is 2.28. The molecule has 162 valence electrons. The van der Waals surface area contributed by atoms with Crippen LogP contribution in [0.2, 0.25) is 5.02 Å². The number of rotatable bonds is 5. The molecule has 7 nitrogen and oxygen atoms in total. The normalized spacial score (nSPS) is 13.5. The number of fused-ring (bicyclic) bond motifs is 1. The van der Waals surface area contributed by atoms with Crippen molar-refractivity contribution in [3.8, 4) is 0 Å². The molecule has 2 heterocycles. The number of nitrogens with one attached hydrogen (secondary N) is 2. The number of carbonyl (C=O) groups excluding carboxylic acids is 2. The zero-order valence-corrected chi connectivity index (χ0v) is 18.9. The molecule has 0 bridgehead atoms. The molecule has 1 aliphatic carbocycles. The van der Waals surface area contributed by atoms with Gasteiger partial charge in [-0.2, -0.15) is 0 Å². The molecule has 0 saturated carbocycles. The Morgan fingerprint density at radius 1 is 1.03 bits per heavy atom. The summed E-state index contributed by atoms with van der Waals surface area (Å²) < 4.78 is 30.8. The third kappa shape index (κ3) is 4.13. The number of benzene rings is 1. The van der Waals surface area contributed by atoms with E-state index in [4.69, 9.17) is 16.0 Å². The molecule has 10 heteroatoms. The smallest absolute Gasteiger partial charge is 0.292 e. The summed E-state index contributed by atoms with van der Waals surface area (Å²) >= 11 is 7.19. The van der Waals surface area contributed by atoms with Crippen molar-refractivity contribution in [2.24, 2.45) is 0 Å². The average Bonchev–Trinajstić information content (AvgIpc) is 3.39. The third-order valence-electron chi connectivity index (χ3n) is 5.05. The minimum absolute atomic E-state index is 0.00560. The minimum Gasteiger partial charge on any atom is -0.439 e. The number of sulfone groups is 1. The maximum Gasteiger partial charge on any atom is 0.292 e. The fourth-order valence-electron chi connectivity index (χ4n) is 3.50. The van der Waals surface area contributed by atoms with Gasteiger partial charge in [-0.05, 0) is 67.6 Å². The monoisotopic (exact) mass is 478 g/mol. The molecule has 0 radical (unpaired) electrons. The zero-order chi connectivity index (χ0) is 22.2. The van der Waals surface area contributed by atoms with Gasteiger partial charge in [-0.1, -0.05) is 11.6 Å². The van der Waals surface area contributed by atoms with Crippen LogP contribution in [0.15, 0.2) is 50.8 Å². The molecule has 1 aromatic carbocycles. The molecular formula is C21H19ClN2O5S2. The van der Waals surface area contributed by atoms with E-state index >= 15 is 0 Å². The van der Waals surface area contributed by atoms with Crippen LogP contribution >= 0.6 is 22.9 Å². The van der Waals surface area contributed by atoms with Gasteiger partial charge in [-0.25, -0.2) is 8.42 Å². The lowest BCUT2D eigenvalue weighted by atomic mass is 9.95. The molecule has 0 fully saturated rings. The second kappa shape index (κ2) is 8.49. The Bertz CT molecular complexity index is 1260. The highest BCUT2D eigenvalue weighted by molar-refractivity contribution is 7.91. The second-order valence-corrected chi connectivity index (χ2v) is 10.4. The van der Waals surface area contributed by atoms with Gasteiger partial charge in [0, 0.05) is 16.9 Å². The van der Waals surface area contributed by atoms with Crippen molar-refractivity contribution in [3.05, 3.63) is 63.2 Å². The quantitative estimate of drug-likeness (QED) is 0.568. The van der Waals surface area contributed by atoms with Crippen molar-refractivity contribution in [2.45, 2.75) is 35.7 Å². The Morgan fingerprint density at radius 2 is 1.74 bits per heavy atom. The Balaban J connectivity index is 1.61. The van der Waals surface area contributed by atoms with Crippen LogP contribution in [-0.4, -0.2) is 27.3 Å². The topological polar surface area (TPSA) is 105 Å². The fourth-order valence-corrected chi connectivity index (χ4v) is 6.08. The zero-order valence-electron chi connectivity index (χ0n) is 16.5. The van der Waals surface area contributed by atoms with Crippen LogP contribution in [0.25, 0.3) is 0 Å². The number of hydrogen-bond donors (Lipinski definition) is 2. The number of carbonyl (C=O) groups is 2. The Labute approximate surface area is 188 Å². The van der Waals surface area contributed by atoms with Gasteiger partial charge in [0.05, 0.1) is 10.5 Å². The highest BCUT2D eigenvalue weighted by Crippen LogP contribution is 2.38. The van der Waals surface area contributed by atoms with Crippen LogP contribution in [-0.2, 0) is 22.7 Å². The van der Waals surface area contributed by atoms with Crippen molar-refractivity contribution >= 4 is 49.6 Å². The number of amides is 2. The maximum absolute atomic E-state index is 12.8. The lowest BCUT2D eigenvalue weighted by Crippen LogP contribution is -2.22. The van der Waals surface area contributed by atoms with Crippen LogP contribution in [0.4, 0.5) is 5.00 Å². The van der Waals surface area contributed by atoms with E-state index in [-0.39, 0.29) is 21.7 Å². The van der Waals surface area contributed by atoms with Gasteiger partial charge in [-0.15, -0.1) is 11.3 Å². The van der Waals surface area contributed by atoms with E-state index in [0.29, 0.717) is 15.6 Å². The molecule has 31 heavy (non-hydrogen) atoms. The molecule has 4 rings (SSSR count). The summed E-state index contributed by atoms with van der Waals surface area (Å²) in [5.74, 6) is -1.05. The molecule has 2 N–H and O–H groups in total. The van der Waals surface area contributed by atoms with E-state index in [0.717, 1.165) is 36.1 Å². The van der Waals surface area contributed by atoms with Crippen molar-refractivity contribution < 1.29 is 22.4 Å². The molecular weight excluding hydrogens is 460 g/mol. The fraction of sp³-hybridized carbons (Fsp3) is 0.238. The SMILES string of the molecule is CNC(=O)c1c(NC(=O)c2ccc(S(=O)(=O)c3ccc(Cl)cc3)o2)sc2c1CCCC2. The van der Waals surface area contributed by atoms with E-state index < -0.39 is 15.7 Å². The Morgan fingerprint density at radius 3 is 2.45 bits per heavy atom. The number of anilines is 1. The summed E-state index contributed by atoms with van der Waals surface area (Å²) in [6.07, 6.45) is 3.68. The highest BCUT2D eigenvalue weighted by atomic mass is 35.5. The summed E-state index contributed by atoms with van der Waals surface area (Å²) in [6.45, 7) is 0. The van der Waals surface area contributed by atoms with E-state index in [1.165, 1.54) is 47.7 Å². The molecule has 0 atom stereocenters. The minimum atomic E-state index is -3.94. The van der Waals surface area contributed by atoms with Crippen LogP contribution in [0.5, 0.6) is 0 Å². The maximum atomic E-state index is 12.8. The molecule has 1 aliphatic rings. The first-order chi connectivity index (χ1) is 14.8. The number of hydrogen-bond acceptors (Lipinski definition) is 6. The number of halogens is 1. The number of aryl methyl sites for hydroxylation is 1. The van der Waals surface area contributed by atoms with Crippen molar-refractivity contribution in [1.82, 2.24) is 5.32 Å². The summed E-state index contributed by atoms with van der Waals surface area (Å²) in [5.41, 5.74) is 1.44. The second-order valence-electron chi connectivity index (χ2n) is 7.02. The van der Waals surface area contributed by atoms with Gasteiger partial charge in [0.1, 0.15) is 5.00 Å². The summed E-state index contributed by atoms with van der Waals surface area (Å²) in [5, 5.41) is 5.84. The standard InChI is InChI=1S/C21H19ClN2O5S2/c1-23-20(26)18-14-4-2-3-5-16(14)30-21(18)24-19(25)15-10-11-17(29-15)31(27,28)13-8-6-12(22)7-9-13/h6-11H,2-5H2,1H3,(H,23,26)(H,24,25). The van der Waals surface area contributed by atoms with Gasteiger partial charge in [0.15, 0.2) is 5.76 Å². The first-order valence-corrected chi connectivity index (χ1v) is 12.3. The Hall–Kier alpha value is -2.62. The third-order valence-corrected chi connectivity index (χ3v) is 8.15. The first-order valence-electron chi connectivity index (χ1n) is 9.59. The molecule has 2 aromatic heterocycles. The van der Waals surface area contributed by atoms with E-state index in [2.05, 4.69) is 10.6 Å². The van der Waals surface area contributed by atoms with Gasteiger partial charge < -0.3 is 15.1 Å². The molecule has 2 amide bonds. The molecule has 0 unspecified atom stereocenters. The lowest BCUT2D eigenvalue weighted by Gasteiger charge is -2.12. The molecule has 0 spiro atoms. The molecule has 0 aliphatic heterocycles. The van der Waals surface area contributed by atoms with Gasteiger partial charge in [0.2, 0.25) is 14.9 Å². The van der Waals surface area contributed by atoms with Crippen molar-refractivity contribution in [3.63, 3.8) is 0 Å². The predicted octanol–water partition coefficient (Wildman–Crippen LogP) is 4.32. The summed E-state index contributed by atoms with van der Waals surface area (Å²) in [7, 11) is -2.39. The van der Waals surface area contributed by atoms with Crippen molar-refractivity contribution in [2.75, 3.05) is 12.4 Å². The number of thiophene rings is 1. The van der Waals surface area contributed by atoms with E-state index in [1.807, 2.05) is 0 Å². The molecule has 3 aromatic rings. The van der Waals surface area contributed by atoms with Gasteiger partial charge in [-0.3, -0.25) is 9.59 Å². The van der Waals surface area contributed by atoms with E-state index in [9.17, 15) is 18.0 Å². The first kappa shape index (κ1) is 21.6. The lowest BCUT2D eigenvalue weighted by molar-refractivity contribution is 0.0963. The van der Waals surface area contributed by atoms with Gasteiger partial charge in [0.25, 0.3) is 11.8 Å². The van der Waals surface area contributed by atoms with Crippen molar-refractivity contribution in [1.29, 1.82) is 0 Å². The summed E-state index contributed by atoms with van der Waals surface area (Å²) in [6, 6.07) is 8.19. The van der Waals surface area contributed by atoms with Crippen LogP contribution < -0.4 is 10.6 Å².